The fourth-order valence-corrected chi connectivity index (χ4v) is 3.02. The first-order chi connectivity index (χ1) is 11.1. The van der Waals surface area contributed by atoms with E-state index in [-0.39, 0.29) is 11.2 Å². The molecule has 2 heterocycles. The minimum atomic E-state index is -0.364. The van der Waals surface area contributed by atoms with Crippen LogP contribution in [0.3, 0.4) is 0 Å². The summed E-state index contributed by atoms with van der Waals surface area (Å²) in [6.07, 6.45) is 1.05. The lowest BCUT2D eigenvalue weighted by atomic mass is 10.1. The number of aromatic nitrogens is 2. The molecule has 122 valence electrons. The Morgan fingerprint density at radius 2 is 2.00 bits per heavy atom. The third-order valence-corrected chi connectivity index (χ3v) is 4.68. The van der Waals surface area contributed by atoms with Crippen LogP contribution < -0.4 is 21.5 Å². The predicted octanol–water partition coefficient (Wildman–Crippen LogP) is 0.151. The average molecular weight is 315 g/mol. The number of aromatic amines is 1. The molecule has 1 aliphatic heterocycles. The van der Waals surface area contributed by atoms with E-state index in [0.717, 1.165) is 18.7 Å². The van der Waals surface area contributed by atoms with E-state index in [4.69, 9.17) is 0 Å². The topological polar surface area (TPSA) is 71.3 Å². The molecule has 0 amide bonds. The van der Waals surface area contributed by atoms with Crippen molar-refractivity contribution in [1.82, 2.24) is 9.55 Å². The van der Waals surface area contributed by atoms with Crippen molar-refractivity contribution in [2.45, 2.75) is 39.4 Å². The molecule has 1 unspecified atom stereocenters. The lowest BCUT2D eigenvalue weighted by molar-refractivity contribution is -0.935. The Labute approximate surface area is 134 Å². The van der Waals surface area contributed by atoms with Crippen LogP contribution in [0.2, 0.25) is 0 Å². The Morgan fingerprint density at radius 1 is 1.26 bits per heavy atom. The first-order valence-corrected chi connectivity index (χ1v) is 8.08. The summed E-state index contributed by atoms with van der Waals surface area (Å²) in [4.78, 5) is 28.3. The number of fused-ring (bicyclic) bond motifs is 1. The number of anilines is 1. The summed E-state index contributed by atoms with van der Waals surface area (Å²) in [7, 11) is 0. The molecule has 1 aromatic heterocycles. The number of H-pyrrole nitrogens is 1. The number of nitrogens with one attached hydrogen (secondary N) is 3. The lowest BCUT2D eigenvalue weighted by Crippen LogP contribution is -3.16. The second-order valence-corrected chi connectivity index (χ2v) is 6.16. The van der Waals surface area contributed by atoms with Crippen LogP contribution >= 0.6 is 0 Å². The van der Waals surface area contributed by atoms with Gasteiger partial charge in [0, 0.05) is 0 Å². The summed E-state index contributed by atoms with van der Waals surface area (Å²) in [5, 5.41) is 3.30. The summed E-state index contributed by atoms with van der Waals surface area (Å²) in [6.45, 7) is 6.13. The van der Waals surface area contributed by atoms with Crippen LogP contribution in [-0.4, -0.2) is 22.3 Å². The molecule has 0 spiro atoms. The summed E-state index contributed by atoms with van der Waals surface area (Å²) in [5.74, 6) is 0.662. The number of rotatable bonds is 4. The molecule has 0 aliphatic carbocycles. The predicted molar refractivity (Wildman–Crippen MR) is 89.8 cm³/mol. The maximum absolute atomic E-state index is 12.2. The third kappa shape index (κ3) is 3.07. The Bertz CT molecular complexity index is 794. The molecule has 0 fully saturated rings. The van der Waals surface area contributed by atoms with Gasteiger partial charge < -0.3 is 10.2 Å². The number of nitrogens with zero attached hydrogens (tertiary/aromatic N) is 1. The zero-order valence-electron chi connectivity index (χ0n) is 13.6. The van der Waals surface area contributed by atoms with Crippen molar-refractivity contribution in [3.05, 3.63) is 62.3 Å². The number of quaternary nitrogens is 1. The normalized spacial score (nSPS) is 18.1. The average Bonchev–Trinajstić information content (AvgIpc) is 2.58. The SMILES string of the molecule is CC[C@H](C)[NH+]1CNc2c(c(=O)[nH]c(=O)n2Cc2ccccc2)C1. The molecule has 3 N–H and O–H groups in total. The smallest absolute Gasteiger partial charge is 0.324 e. The molecule has 2 aromatic rings. The molecule has 23 heavy (non-hydrogen) atoms. The summed E-state index contributed by atoms with van der Waals surface area (Å²) < 4.78 is 1.62. The van der Waals surface area contributed by atoms with Gasteiger partial charge in [0.2, 0.25) is 0 Å². The van der Waals surface area contributed by atoms with Crippen molar-refractivity contribution >= 4 is 5.82 Å². The largest absolute Gasteiger partial charge is 0.330 e. The highest BCUT2D eigenvalue weighted by Gasteiger charge is 2.27. The third-order valence-electron chi connectivity index (χ3n) is 4.68. The summed E-state index contributed by atoms with van der Waals surface area (Å²) in [6, 6.07) is 10.2. The minimum absolute atomic E-state index is 0.276. The molecule has 6 nitrogen and oxygen atoms in total. The van der Waals surface area contributed by atoms with Crippen molar-refractivity contribution in [2.24, 2.45) is 0 Å². The number of hydrogen-bond acceptors (Lipinski definition) is 3. The van der Waals surface area contributed by atoms with E-state index in [1.54, 1.807) is 4.57 Å². The van der Waals surface area contributed by atoms with Crippen LogP contribution in [0.5, 0.6) is 0 Å². The Hall–Kier alpha value is -2.34. The van der Waals surface area contributed by atoms with Gasteiger partial charge in [0.25, 0.3) is 5.56 Å². The second-order valence-electron chi connectivity index (χ2n) is 6.16. The van der Waals surface area contributed by atoms with E-state index in [1.807, 2.05) is 30.3 Å². The summed E-state index contributed by atoms with van der Waals surface area (Å²) in [5.41, 5.74) is 1.06. The van der Waals surface area contributed by atoms with Gasteiger partial charge in [-0.2, -0.15) is 0 Å². The van der Waals surface area contributed by atoms with Gasteiger partial charge in [-0.1, -0.05) is 37.3 Å². The van der Waals surface area contributed by atoms with E-state index < -0.39 is 0 Å². The number of hydrogen-bond donors (Lipinski definition) is 3. The van der Waals surface area contributed by atoms with E-state index in [2.05, 4.69) is 24.1 Å². The Morgan fingerprint density at radius 3 is 2.70 bits per heavy atom. The minimum Gasteiger partial charge on any atom is -0.324 e. The van der Waals surface area contributed by atoms with Gasteiger partial charge in [-0.25, -0.2) is 4.79 Å². The van der Waals surface area contributed by atoms with Gasteiger partial charge in [0.05, 0.1) is 12.6 Å². The maximum Gasteiger partial charge on any atom is 0.330 e. The molecular formula is C17H23N4O2+. The molecule has 0 radical (unpaired) electrons. The summed E-state index contributed by atoms with van der Waals surface area (Å²) >= 11 is 0. The zero-order valence-corrected chi connectivity index (χ0v) is 13.6. The van der Waals surface area contributed by atoms with E-state index in [1.165, 1.54) is 4.90 Å². The molecule has 2 atom stereocenters. The first-order valence-electron chi connectivity index (χ1n) is 8.08. The molecule has 0 saturated heterocycles. The van der Waals surface area contributed by atoms with Crippen LogP contribution in [0.1, 0.15) is 31.4 Å². The van der Waals surface area contributed by atoms with Gasteiger partial charge >= 0.3 is 5.69 Å². The highest BCUT2D eigenvalue weighted by atomic mass is 16.2. The van der Waals surface area contributed by atoms with Crippen LogP contribution in [0.15, 0.2) is 39.9 Å². The van der Waals surface area contributed by atoms with Gasteiger partial charge in [0.15, 0.2) is 6.67 Å². The van der Waals surface area contributed by atoms with Crippen LogP contribution in [-0.2, 0) is 13.1 Å². The number of benzene rings is 1. The van der Waals surface area contributed by atoms with Crippen molar-refractivity contribution < 1.29 is 4.90 Å². The Balaban J connectivity index is 2.00. The molecular weight excluding hydrogens is 292 g/mol. The highest BCUT2D eigenvalue weighted by Crippen LogP contribution is 2.13. The van der Waals surface area contributed by atoms with Gasteiger partial charge in [-0.05, 0) is 18.9 Å². The van der Waals surface area contributed by atoms with Crippen molar-refractivity contribution in [1.29, 1.82) is 0 Å². The van der Waals surface area contributed by atoms with Gasteiger partial charge in [-0.3, -0.25) is 14.3 Å². The van der Waals surface area contributed by atoms with E-state index >= 15 is 0 Å². The monoisotopic (exact) mass is 315 g/mol. The second kappa shape index (κ2) is 6.42. The lowest BCUT2D eigenvalue weighted by Gasteiger charge is -2.31. The fraction of sp³-hybridized carbons (Fsp3) is 0.412. The molecule has 1 aliphatic rings. The van der Waals surface area contributed by atoms with E-state index in [9.17, 15) is 9.59 Å². The van der Waals surface area contributed by atoms with Crippen molar-refractivity contribution in [3.63, 3.8) is 0 Å². The zero-order chi connectivity index (χ0) is 16.4. The molecule has 0 saturated carbocycles. The van der Waals surface area contributed by atoms with Crippen LogP contribution in [0.25, 0.3) is 0 Å². The van der Waals surface area contributed by atoms with Crippen LogP contribution in [0, 0.1) is 0 Å². The first kappa shape index (κ1) is 15.6. The molecule has 1 aromatic carbocycles. The van der Waals surface area contributed by atoms with Gasteiger partial charge in [0.1, 0.15) is 17.9 Å². The Kier molecular flexibility index (Phi) is 4.34. The highest BCUT2D eigenvalue weighted by molar-refractivity contribution is 5.44. The van der Waals surface area contributed by atoms with E-state index in [0.29, 0.717) is 30.5 Å². The molecule has 0 bridgehead atoms. The fourth-order valence-electron chi connectivity index (χ4n) is 3.02. The standard InChI is InChI=1S/C17H22N4O2/c1-3-12(2)20-10-14-15(18-11-20)21(17(23)19-16(14)22)9-13-7-5-4-6-8-13/h4-8,12,18H,3,9-11H2,1-2H3,(H,19,22,23)/p+1/t12-/m0/s1. The van der Waals surface area contributed by atoms with Crippen molar-refractivity contribution in [2.75, 3.05) is 12.0 Å². The molecule has 3 rings (SSSR count). The maximum atomic E-state index is 12.2. The van der Waals surface area contributed by atoms with Gasteiger partial charge in [-0.15, -0.1) is 0 Å². The van der Waals surface area contributed by atoms with Crippen molar-refractivity contribution in [3.8, 4) is 0 Å². The quantitative estimate of drug-likeness (QED) is 0.752. The van der Waals surface area contributed by atoms with Crippen LogP contribution in [0.4, 0.5) is 5.82 Å². The molecule has 6 heteroatoms.